The molecule has 0 fully saturated rings. The number of aryl methyl sites for hydroxylation is 1. The predicted molar refractivity (Wildman–Crippen MR) is 62.4 cm³/mol. The lowest BCUT2D eigenvalue weighted by Crippen LogP contribution is -2.24. The summed E-state index contributed by atoms with van der Waals surface area (Å²) < 4.78 is 2.07. The summed E-state index contributed by atoms with van der Waals surface area (Å²) in [5.74, 6) is 0. The molecule has 1 unspecified atom stereocenters. The van der Waals surface area contributed by atoms with Gasteiger partial charge in [0.15, 0.2) is 0 Å². The highest BCUT2D eigenvalue weighted by Gasteiger charge is 1.99. The Labute approximate surface area is 86.1 Å². The van der Waals surface area contributed by atoms with Gasteiger partial charge in [-0.1, -0.05) is 29.8 Å². The molecule has 14 heavy (non-hydrogen) atoms. The van der Waals surface area contributed by atoms with Crippen molar-refractivity contribution in [1.82, 2.24) is 10.2 Å². The fourth-order valence-electron chi connectivity index (χ4n) is 1.19. The van der Waals surface area contributed by atoms with Gasteiger partial charge in [-0.2, -0.15) is 0 Å². The van der Waals surface area contributed by atoms with E-state index in [1.807, 2.05) is 24.6 Å². The SMILES string of the molecule is Cc1ccc(PN2C=CC=CN2)cc1. The number of nitrogens with zero attached hydrogens (tertiary/aromatic N) is 1. The van der Waals surface area contributed by atoms with Gasteiger partial charge in [0, 0.05) is 21.1 Å². The van der Waals surface area contributed by atoms with Crippen LogP contribution in [0.4, 0.5) is 0 Å². The largest absolute Gasteiger partial charge is 0.303 e. The van der Waals surface area contributed by atoms with Crippen molar-refractivity contribution >= 4 is 14.0 Å². The number of rotatable bonds is 2. The third-order valence-corrected chi connectivity index (χ3v) is 3.07. The molecule has 1 N–H and O–H groups in total. The Hall–Kier alpha value is -1.27. The molecule has 0 bridgehead atoms. The lowest BCUT2D eigenvalue weighted by Gasteiger charge is -2.21. The van der Waals surface area contributed by atoms with Gasteiger partial charge in [-0.3, -0.25) is 4.78 Å². The number of nitrogens with one attached hydrogen (secondary N) is 1. The molecule has 2 rings (SSSR count). The van der Waals surface area contributed by atoms with Crippen molar-refractivity contribution in [2.24, 2.45) is 0 Å². The Bertz CT molecular complexity index is 354. The van der Waals surface area contributed by atoms with Crippen LogP contribution in [0, 0.1) is 6.92 Å². The molecule has 1 aliphatic heterocycles. The highest BCUT2D eigenvalue weighted by molar-refractivity contribution is 7.44. The van der Waals surface area contributed by atoms with E-state index in [1.165, 1.54) is 10.9 Å². The second-order valence-electron chi connectivity index (χ2n) is 3.18. The number of hydrazine groups is 1. The van der Waals surface area contributed by atoms with E-state index in [0.29, 0.717) is 8.73 Å². The summed E-state index contributed by atoms with van der Waals surface area (Å²) in [6.45, 7) is 2.11. The summed E-state index contributed by atoms with van der Waals surface area (Å²) in [6.07, 6.45) is 7.98. The zero-order valence-electron chi connectivity index (χ0n) is 8.07. The molecule has 1 aliphatic rings. The summed E-state index contributed by atoms with van der Waals surface area (Å²) in [4.78, 5) is 0. The summed E-state index contributed by atoms with van der Waals surface area (Å²) in [6, 6.07) is 8.63. The first-order chi connectivity index (χ1) is 6.84. The molecule has 0 radical (unpaired) electrons. The molecule has 1 aromatic carbocycles. The molecule has 2 nitrogen and oxygen atoms in total. The zero-order valence-corrected chi connectivity index (χ0v) is 9.07. The summed E-state index contributed by atoms with van der Waals surface area (Å²) in [7, 11) is 0.634. The van der Waals surface area contributed by atoms with Gasteiger partial charge in [0.05, 0.1) is 0 Å². The second kappa shape index (κ2) is 4.30. The maximum absolute atomic E-state index is 3.16. The van der Waals surface area contributed by atoms with Crippen molar-refractivity contribution < 1.29 is 0 Å². The van der Waals surface area contributed by atoms with E-state index in [9.17, 15) is 0 Å². The Kier molecular flexibility index (Phi) is 2.85. The van der Waals surface area contributed by atoms with Gasteiger partial charge in [0.2, 0.25) is 0 Å². The molecule has 0 aromatic heterocycles. The van der Waals surface area contributed by atoms with Gasteiger partial charge < -0.3 is 5.43 Å². The van der Waals surface area contributed by atoms with Crippen LogP contribution in [0.15, 0.2) is 48.8 Å². The summed E-state index contributed by atoms with van der Waals surface area (Å²) in [5, 5.41) is 1.34. The van der Waals surface area contributed by atoms with Gasteiger partial charge in [-0.15, -0.1) is 0 Å². The van der Waals surface area contributed by atoms with E-state index in [-0.39, 0.29) is 0 Å². The normalized spacial score (nSPS) is 15.1. The van der Waals surface area contributed by atoms with Crippen molar-refractivity contribution in [3.63, 3.8) is 0 Å². The van der Waals surface area contributed by atoms with E-state index in [0.717, 1.165) is 0 Å². The highest BCUT2D eigenvalue weighted by atomic mass is 31.1. The first kappa shape index (κ1) is 9.29. The fraction of sp³-hybridized carbons (Fsp3) is 0.0909. The Morgan fingerprint density at radius 3 is 2.57 bits per heavy atom. The minimum absolute atomic E-state index is 0.634. The van der Waals surface area contributed by atoms with Crippen LogP contribution in [-0.4, -0.2) is 4.78 Å². The zero-order chi connectivity index (χ0) is 9.80. The van der Waals surface area contributed by atoms with Crippen LogP contribution >= 0.6 is 8.73 Å². The molecule has 3 heteroatoms. The van der Waals surface area contributed by atoms with Crippen molar-refractivity contribution in [3.8, 4) is 0 Å². The molecule has 0 spiro atoms. The molecule has 0 saturated heterocycles. The van der Waals surface area contributed by atoms with Crippen LogP contribution in [0.1, 0.15) is 5.56 Å². The quantitative estimate of drug-likeness (QED) is 0.742. The predicted octanol–water partition coefficient (Wildman–Crippen LogP) is 2.06. The minimum Gasteiger partial charge on any atom is -0.303 e. The van der Waals surface area contributed by atoms with Gasteiger partial charge in [0.25, 0.3) is 0 Å². The van der Waals surface area contributed by atoms with Crippen LogP contribution in [0.2, 0.25) is 0 Å². The first-order valence-corrected chi connectivity index (χ1v) is 5.51. The highest BCUT2D eigenvalue weighted by Crippen LogP contribution is 2.16. The van der Waals surface area contributed by atoms with Crippen molar-refractivity contribution in [2.45, 2.75) is 6.92 Å². The lowest BCUT2D eigenvalue weighted by molar-refractivity contribution is 0.528. The Morgan fingerprint density at radius 1 is 1.14 bits per heavy atom. The minimum atomic E-state index is 0.634. The molecule has 0 saturated carbocycles. The Balaban J connectivity index is 2.00. The maximum Gasteiger partial charge on any atom is 0.0317 e. The van der Waals surface area contributed by atoms with Gasteiger partial charge >= 0.3 is 0 Å². The van der Waals surface area contributed by atoms with Crippen LogP contribution in [0.3, 0.4) is 0 Å². The summed E-state index contributed by atoms with van der Waals surface area (Å²) in [5.41, 5.74) is 4.47. The average molecular weight is 204 g/mol. The third kappa shape index (κ3) is 2.36. The Morgan fingerprint density at radius 2 is 1.93 bits per heavy atom. The first-order valence-electron chi connectivity index (χ1n) is 4.57. The molecule has 0 aliphatic carbocycles. The van der Waals surface area contributed by atoms with Crippen LogP contribution in [0.25, 0.3) is 0 Å². The van der Waals surface area contributed by atoms with Crippen LogP contribution in [0.5, 0.6) is 0 Å². The molecule has 1 atom stereocenters. The van der Waals surface area contributed by atoms with E-state index >= 15 is 0 Å². The molecule has 1 heterocycles. The van der Waals surface area contributed by atoms with E-state index in [1.54, 1.807) is 0 Å². The average Bonchev–Trinajstić information content (AvgIpc) is 2.23. The van der Waals surface area contributed by atoms with Crippen molar-refractivity contribution in [1.29, 1.82) is 0 Å². The maximum atomic E-state index is 3.16. The van der Waals surface area contributed by atoms with Gasteiger partial charge in [-0.25, -0.2) is 0 Å². The lowest BCUT2D eigenvalue weighted by atomic mass is 10.2. The fourth-order valence-corrected chi connectivity index (χ4v) is 2.09. The smallest absolute Gasteiger partial charge is 0.0317 e. The number of allylic oxidation sites excluding steroid dienone is 2. The van der Waals surface area contributed by atoms with E-state index < -0.39 is 0 Å². The van der Waals surface area contributed by atoms with Gasteiger partial charge in [0.1, 0.15) is 0 Å². The monoisotopic (exact) mass is 204 g/mol. The number of benzene rings is 1. The van der Waals surface area contributed by atoms with Crippen LogP contribution < -0.4 is 10.7 Å². The van der Waals surface area contributed by atoms with Gasteiger partial charge in [-0.05, 0) is 24.4 Å². The van der Waals surface area contributed by atoms with Crippen LogP contribution in [-0.2, 0) is 0 Å². The van der Waals surface area contributed by atoms with Crippen molar-refractivity contribution in [3.05, 3.63) is 54.4 Å². The number of hydrogen-bond acceptors (Lipinski definition) is 2. The van der Waals surface area contributed by atoms with E-state index in [2.05, 4.69) is 41.4 Å². The molecular weight excluding hydrogens is 191 g/mol. The topological polar surface area (TPSA) is 15.3 Å². The third-order valence-electron chi connectivity index (χ3n) is 1.96. The second-order valence-corrected chi connectivity index (χ2v) is 4.46. The molecule has 72 valence electrons. The summed E-state index contributed by atoms with van der Waals surface area (Å²) >= 11 is 0. The number of hydrogen-bond donors (Lipinski definition) is 1. The van der Waals surface area contributed by atoms with Crippen molar-refractivity contribution in [2.75, 3.05) is 0 Å². The molecule has 1 aromatic rings. The van der Waals surface area contributed by atoms with E-state index in [4.69, 9.17) is 0 Å². The standard InChI is InChI=1S/C11H13N2P/c1-10-4-6-11(7-5-10)14-13-9-3-2-8-12-13/h2-9,12,14H,1H3. The molecule has 0 amide bonds. The molecular formula is C11H13N2P.